The summed E-state index contributed by atoms with van der Waals surface area (Å²) in [6.45, 7) is 5.94. The summed E-state index contributed by atoms with van der Waals surface area (Å²) < 4.78 is 41.7. The molecule has 1 aromatic heterocycles. The topological polar surface area (TPSA) is 134 Å². The first-order chi connectivity index (χ1) is 19.6. The molecule has 41 heavy (non-hydrogen) atoms. The predicted molar refractivity (Wildman–Crippen MR) is 148 cm³/mol. The number of methoxy groups -OCH3 is 1. The Kier molecular flexibility index (Phi) is 7.48. The number of ether oxygens (including phenoxy) is 2. The number of primary amides is 1. The number of carbonyl (C=O) groups excluding carboxylic acids is 2. The zero-order valence-corrected chi connectivity index (χ0v) is 22.8. The van der Waals surface area contributed by atoms with Crippen LogP contribution in [-0.4, -0.2) is 59.1 Å². The molecule has 1 aliphatic heterocycles. The summed E-state index contributed by atoms with van der Waals surface area (Å²) in [5.41, 5.74) is 13.4. The number of carbonyl (C=O) groups is 2. The number of nitrogens with zero attached hydrogens (tertiary/aromatic N) is 3. The fourth-order valence-corrected chi connectivity index (χ4v) is 5.85. The van der Waals surface area contributed by atoms with E-state index in [4.69, 9.17) is 20.9 Å². The van der Waals surface area contributed by atoms with Crippen molar-refractivity contribution in [3.63, 3.8) is 0 Å². The van der Waals surface area contributed by atoms with E-state index in [1.807, 2.05) is 6.92 Å². The average Bonchev–Trinajstić information content (AvgIpc) is 3.66. The van der Waals surface area contributed by atoms with Crippen LogP contribution in [-0.2, 0) is 14.9 Å². The second-order valence-electron chi connectivity index (χ2n) is 10.4. The highest BCUT2D eigenvalue weighted by atomic mass is 19.1. The summed E-state index contributed by atoms with van der Waals surface area (Å²) in [5, 5.41) is 0. The van der Waals surface area contributed by atoms with Crippen LogP contribution in [0.15, 0.2) is 49.3 Å². The Hall–Kier alpha value is -4.38. The van der Waals surface area contributed by atoms with Crippen molar-refractivity contribution in [3.8, 4) is 17.0 Å². The molecule has 2 aliphatic rings. The van der Waals surface area contributed by atoms with Crippen molar-refractivity contribution in [1.29, 1.82) is 0 Å². The Labute approximate surface area is 236 Å². The van der Waals surface area contributed by atoms with Crippen LogP contribution in [0.3, 0.4) is 0 Å². The molecule has 5 rings (SSSR count). The van der Waals surface area contributed by atoms with Gasteiger partial charge in [0.1, 0.15) is 30.3 Å². The van der Waals surface area contributed by atoms with Gasteiger partial charge in [0.25, 0.3) is 5.91 Å². The number of aromatic nitrogens is 2. The molecule has 2 fully saturated rings. The summed E-state index contributed by atoms with van der Waals surface area (Å²) >= 11 is 0. The molecule has 2 amide bonds. The summed E-state index contributed by atoms with van der Waals surface area (Å²) in [6, 6.07) is 6.68. The van der Waals surface area contributed by atoms with Crippen LogP contribution in [0.4, 0.5) is 14.6 Å². The van der Waals surface area contributed by atoms with Crippen LogP contribution in [0, 0.1) is 18.6 Å². The van der Waals surface area contributed by atoms with Gasteiger partial charge in [-0.2, -0.15) is 0 Å². The van der Waals surface area contributed by atoms with Gasteiger partial charge < -0.3 is 25.8 Å². The molecular weight excluding hydrogens is 532 g/mol. The minimum absolute atomic E-state index is 0.0410. The number of amides is 2. The maximum atomic E-state index is 15.2. The zero-order chi connectivity index (χ0) is 29.5. The number of halogens is 2. The molecule has 0 spiro atoms. The van der Waals surface area contributed by atoms with Gasteiger partial charge in [-0.1, -0.05) is 12.6 Å². The molecule has 2 heterocycles. The second kappa shape index (κ2) is 10.9. The third-order valence-electron chi connectivity index (χ3n) is 8.15. The normalized spacial score (nSPS) is 19.2. The molecule has 1 aliphatic carbocycles. The van der Waals surface area contributed by atoms with Gasteiger partial charge in [0.15, 0.2) is 11.6 Å². The predicted octanol–water partition coefficient (Wildman–Crippen LogP) is 3.67. The Morgan fingerprint density at radius 3 is 2.61 bits per heavy atom. The maximum Gasteiger partial charge on any atom is 0.251 e. The van der Waals surface area contributed by atoms with Crippen molar-refractivity contribution in [2.45, 2.75) is 43.7 Å². The maximum absolute atomic E-state index is 15.2. The molecule has 1 saturated carbocycles. The molecule has 214 valence electrons. The molecule has 11 heteroatoms. The number of hydrogen-bond donors (Lipinski definition) is 2. The molecule has 3 aromatic rings. The van der Waals surface area contributed by atoms with Gasteiger partial charge in [-0.3, -0.25) is 9.59 Å². The van der Waals surface area contributed by atoms with Gasteiger partial charge in [0, 0.05) is 24.6 Å². The SMILES string of the molecule is C=CC(=O)N1CCC(OC)C1COc1c(N)ncnc1-c1cc(F)cc(C2(c3ccc(C(N)=O)c(F)c3)CC2)c1C. The highest BCUT2D eigenvalue weighted by Gasteiger charge is 2.48. The van der Waals surface area contributed by atoms with E-state index < -0.39 is 29.0 Å². The van der Waals surface area contributed by atoms with Gasteiger partial charge in [-0.15, -0.1) is 0 Å². The van der Waals surface area contributed by atoms with E-state index in [-0.39, 0.29) is 41.4 Å². The van der Waals surface area contributed by atoms with Gasteiger partial charge in [-0.25, -0.2) is 18.7 Å². The average molecular weight is 564 g/mol. The number of likely N-dealkylation sites (tertiary alicyclic amines) is 1. The third kappa shape index (κ3) is 5.01. The molecular formula is C30H31F2N5O4. The van der Waals surface area contributed by atoms with Crippen LogP contribution >= 0.6 is 0 Å². The quantitative estimate of drug-likeness (QED) is 0.380. The number of anilines is 1. The van der Waals surface area contributed by atoms with Crippen molar-refractivity contribution < 1.29 is 27.8 Å². The van der Waals surface area contributed by atoms with Crippen LogP contribution in [0.5, 0.6) is 5.75 Å². The Morgan fingerprint density at radius 1 is 1.22 bits per heavy atom. The smallest absolute Gasteiger partial charge is 0.251 e. The van der Waals surface area contributed by atoms with Gasteiger partial charge in [0.2, 0.25) is 5.91 Å². The summed E-state index contributed by atoms with van der Waals surface area (Å²) in [6.07, 6.45) is 4.21. The van der Waals surface area contributed by atoms with E-state index in [1.54, 1.807) is 18.1 Å². The largest absolute Gasteiger partial charge is 0.485 e. The highest BCUT2D eigenvalue weighted by molar-refractivity contribution is 5.93. The fraction of sp³-hybridized carbons (Fsp3) is 0.333. The number of rotatable bonds is 9. The van der Waals surface area contributed by atoms with Gasteiger partial charge in [-0.05, 0) is 73.2 Å². The number of benzene rings is 2. The summed E-state index contributed by atoms with van der Waals surface area (Å²) in [4.78, 5) is 34.1. The molecule has 1 saturated heterocycles. The molecule has 2 atom stereocenters. The summed E-state index contributed by atoms with van der Waals surface area (Å²) in [5.74, 6) is -2.12. The fourth-order valence-electron chi connectivity index (χ4n) is 5.85. The first kappa shape index (κ1) is 28.2. The Bertz CT molecular complexity index is 1540. The van der Waals surface area contributed by atoms with Crippen LogP contribution in [0.25, 0.3) is 11.3 Å². The van der Waals surface area contributed by atoms with Crippen LogP contribution < -0.4 is 16.2 Å². The van der Waals surface area contributed by atoms with Crippen LogP contribution in [0.1, 0.15) is 46.3 Å². The summed E-state index contributed by atoms with van der Waals surface area (Å²) in [7, 11) is 1.57. The lowest BCUT2D eigenvalue weighted by Gasteiger charge is -2.27. The van der Waals surface area contributed by atoms with E-state index >= 15 is 4.39 Å². The zero-order valence-electron chi connectivity index (χ0n) is 22.8. The van der Waals surface area contributed by atoms with Gasteiger partial charge >= 0.3 is 0 Å². The lowest BCUT2D eigenvalue weighted by molar-refractivity contribution is -0.128. The standard InChI is InChI=1S/C30H31F2N5O4/c1-4-25(38)37-10-7-24(40-3)23(37)14-41-27-26(35-15-36-28(27)33)20-12-18(31)13-21(16(20)2)30(8-9-30)17-5-6-19(29(34)39)22(32)11-17/h4-6,11-13,15,23-24H,1,7-10,14H2,2-3H3,(H2,34,39)(H2,33,35,36). The first-order valence-corrected chi connectivity index (χ1v) is 13.2. The van der Waals surface area contributed by atoms with Crippen molar-refractivity contribution in [3.05, 3.63) is 83.2 Å². The first-order valence-electron chi connectivity index (χ1n) is 13.2. The van der Waals surface area contributed by atoms with Gasteiger partial charge in [0.05, 0.1) is 17.7 Å². The van der Waals surface area contributed by atoms with E-state index in [0.29, 0.717) is 48.1 Å². The highest BCUT2D eigenvalue weighted by Crippen LogP contribution is 2.56. The molecule has 4 N–H and O–H groups in total. The molecule has 2 unspecified atom stereocenters. The number of nitrogen functional groups attached to an aromatic ring is 1. The Morgan fingerprint density at radius 2 is 1.98 bits per heavy atom. The van der Waals surface area contributed by atoms with E-state index in [2.05, 4.69) is 16.5 Å². The van der Waals surface area contributed by atoms with Crippen molar-refractivity contribution in [2.24, 2.45) is 5.73 Å². The van der Waals surface area contributed by atoms with E-state index in [9.17, 15) is 14.0 Å². The van der Waals surface area contributed by atoms with E-state index in [1.165, 1.54) is 36.7 Å². The molecule has 2 aromatic carbocycles. The molecule has 0 bridgehead atoms. The minimum atomic E-state index is -0.858. The minimum Gasteiger partial charge on any atom is -0.485 e. The second-order valence-corrected chi connectivity index (χ2v) is 10.4. The lowest BCUT2D eigenvalue weighted by atomic mass is 9.82. The van der Waals surface area contributed by atoms with E-state index in [0.717, 1.165) is 0 Å². The Balaban J connectivity index is 1.53. The number of nitrogens with two attached hydrogens (primary N) is 2. The van der Waals surface area contributed by atoms with Crippen molar-refractivity contribution in [2.75, 3.05) is 26.0 Å². The van der Waals surface area contributed by atoms with Crippen molar-refractivity contribution >= 4 is 17.6 Å². The molecule has 9 nitrogen and oxygen atoms in total. The third-order valence-corrected chi connectivity index (χ3v) is 8.15. The number of hydrogen-bond acceptors (Lipinski definition) is 7. The lowest BCUT2D eigenvalue weighted by Crippen LogP contribution is -2.43. The van der Waals surface area contributed by atoms with Crippen LogP contribution in [0.2, 0.25) is 0 Å². The van der Waals surface area contributed by atoms with Crippen molar-refractivity contribution in [1.82, 2.24) is 14.9 Å². The molecule has 0 radical (unpaired) electrons. The monoisotopic (exact) mass is 563 g/mol.